The van der Waals surface area contributed by atoms with Gasteiger partial charge in [-0.2, -0.15) is 0 Å². The van der Waals surface area contributed by atoms with Crippen molar-refractivity contribution in [2.75, 3.05) is 5.32 Å². The second-order valence-electron chi connectivity index (χ2n) is 4.47. The summed E-state index contributed by atoms with van der Waals surface area (Å²) in [4.78, 5) is 28.0. The van der Waals surface area contributed by atoms with Crippen LogP contribution in [0.25, 0.3) is 6.08 Å². The monoisotopic (exact) mass is 302 g/mol. The smallest absolute Gasteiger partial charge is 0.328 e. The Balaban J connectivity index is 2.19. The van der Waals surface area contributed by atoms with Crippen molar-refractivity contribution < 1.29 is 14.7 Å². The van der Waals surface area contributed by atoms with Crippen molar-refractivity contribution in [3.8, 4) is 0 Å². The summed E-state index contributed by atoms with van der Waals surface area (Å²) in [5.41, 5.74) is 2.46. The van der Waals surface area contributed by atoms with Gasteiger partial charge in [-0.25, -0.2) is 4.79 Å². The predicted molar refractivity (Wildman–Crippen MR) is 82.7 cm³/mol. The van der Waals surface area contributed by atoms with Gasteiger partial charge in [0.2, 0.25) is 0 Å². The van der Waals surface area contributed by atoms with E-state index >= 15 is 0 Å². The molecule has 0 saturated heterocycles. The van der Waals surface area contributed by atoms with Gasteiger partial charge in [0.05, 0.1) is 4.88 Å². The van der Waals surface area contributed by atoms with Gasteiger partial charge in [0, 0.05) is 29.0 Å². The molecule has 0 aliphatic carbocycles. The highest BCUT2D eigenvalue weighted by atomic mass is 32.1. The molecular formula is C15H14N2O3S. The van der Waals surface area contributed by atoms with Crippen molar-refractivity contribution in [2.45, 2.75) is 13.8 Å². The Morgan fingerprint density at radius 2 is 2.10 bits per heavy atom. The summed E-state index contributed by atoms with van der Waals surface area (Å²) in [5, 5.41) is 11.5. The number of amides is 1. The number of aliphatic carboxylic acids is 1. The van der Waals surface area contributed by atoms with E-state index in [0.717, 1.165) is 22.1 Å². The number of carbonyl (C=O) groups excluding carboxylic acids is 1. The summed E-state index contributed by atoms with van der Waals surface area (Å²) in [6.45, 7) is 3.70. The zero-order valence-electron chi connectivity index (χ0n) is 11.6. The lowest BCUT2D eigenvalue weighted by Gasteiger charge is -2.05. The first-order chi connectivity index (χ1) is 9.97. The minimum Gasteiger partial charge on any atom is -0.478 e. The van der Waals surface area contributed by atoms with Crippen molar-refractivity contribution in [2.24, 2.45) is 0 Å². The van der Waals surface area contributed by atoms with Crippen LogP contribution in [0.4, 0.5) is 5.69 Å². The molecule has 5 nitrogen and oxygen atoms in total. The number of carboxylic acids is 1. The van der Waals surface area contributed by atoms with Crippen LogP contribution in [-0.4, -0.2) is 22.0 Å². The van der Waals surface area contributed by atoms with E-state index in [9.17, 15) is 9.59 Å². The fourth-order valence-electron chi connectivity index (χ4n) is 1.72. The number of hydrogen-bond donors (Lipinski definition) is 2. The van der Waals surface area contributed by atoms with Crippen molar-refractivity contribution in [1.82, 2.24) is 4.98 Å². The molecule has 2 aromatic rings. The maximum absolute atomic E-state index is 12.2. The largest absolute Gasteiger partial charge is 0.478 e. The molecule has 0 spiro atoms. The molecule has 6 heteroatoms. The fourth-order valence-corrected chi connectivity index (χ4v) is 2.69. The number of nitrogens with zero attached hydrogens (tertiary/aromatic N) is 1. The van der Waals surface area contributed by atoms with Crippen LogP contribution in [0.5, 0.6) is 0 Å². The van der Waals surface area contributed by atoms with Gasteiger partial charge < -0.3 is 10.4 Å². The van der Waals surface area contributed by atoms with Crippen LogP contribution >= 0.6 is 11.3 Å². The van der Waals surface area contributed by atoms with E-state index in [1.807, 2.05) is 13.8 Å². The van der Waals surface area contributed by atoms with Crippen LogP contribution in [0.3, 0.4) is 0 Å². The molecule has 0 aliphatic heterocycles. The van der Waals surface area contributed by atoms with Crippen LogP contribution in [0.1, 0.15) is 25.7 Å². The van der Waals surface area contributed by atoms with Gasteiger partial charge in [-0.15, -0.1) is 11.3 Å². The average Bonchev–Trinajstić information content (AvgIpc) is 2.80. The molecule has 0 aliphatic rings. The summed E-state index contributed by atoms with van der Waals surface area (Å²) in [7, 11) is 0. The Morgan fingerprint density at radius 3 is 2.76 bits per heavy atom. The molecule has 2 rings (SSSR count). The Hall–Kier alpha value is -2.47. The van der Waals surface area contributed by atoms with E-state index in [-0.39, 0.29) is 5.91 Å². The average molecular weight is 302 g/mol. The minimum atomic E-state index is -1.01. The fraction of sp³-hybridized carbons (Fsp3) is 0.133. The van der Waals surface area contributed by atoms with Crippen molar-refractivity contribution >= 4 is 35.0 Å². The lowest BCUT2D eigenvalue weighted by Crippen LogP contribution is -2.11. The number of pyridine rings is 1. The van der Waals surface area contributed by atoms with Gasteiger partial charge in [0.25, 0.3) is 5.91 Å². The molecule has 2 aromatic heterocycles. The first kappa shape index (κ1) is 14.9. The minimum absolute atomic E-state index is 0.215. The number of aryl methyl sites for hydroxylation is 2. The molecule has 108 valence electrons. The van der Waals surface area contributed by atoms with E-state index < -0.39 is 5.97 Å². The molecule has 2 N–H and O–H groups in total. The Bertz CT molecular complexity index is 719. The van der Waals surface area contributed by atoms with Gasteiger partial charge in [-0.05, 0) is 43.2 Å². The number of aromatic nitrogens is 1. The Morgan fingerprint density at radius 1 is 1.33 bits per heavy atom. The molecule has 0 saturated carbocycles. The zero-order chi connectivity index (χ0) is 15.4. The number of carboxylic acid groups (broad SMARTS) is 1. The Labute approximate surface area is 126 Å². The zero-order valence-corrected chi connectivity index (χ0v) is 12.4. The van der Waals surface area contributed by atoms with Crippen molar-refractivity contribution in [1.29, 1.82) is 0 Å². The molecular weight excluding hydrogens is 288 g/mol. The summed E-state index contributed by atoms with van der Waals surface area (Å²) in [6, 6.07) is 3.48. The second kappa shape index (κ2) is 6.32. The summed E-state index contributed by atoms with van der Waals surface area (Å²) in [6.07, 6.45) is 5.85. The van der Waals surface area contributed by atoms with Crippen LogP contribution in [0, 0.1) is 13.8 Å². The van der Waals surface area contributed by atoms with E-state index in [4.69, 9.17) is 5.11 Å². The number of anilines is 1. The van der Waals surface area contributed by atoms with E-state index in [1.165, 1.54) is 17.4 Å². The summed E-state index contributed by atoms with van der Waals surface area (Å²) < 4.78 is 0. The van der Waals surface area contributed by atoms with Crippen LogP contribution in [0.2, 0.25) is 0 Å². The maximum atomic E-state index is 12.2. The third-order valence-electron chi connectivity index (χ3n) is 2.83. The lowest BCUT2D eigenvalue weighted by molar-refractivity contribution is -0.131. The number of nitrogens with one attached hydrogen (secondary N) is 1. The lowest BCUT2D eigenvalue weighted by atomic mass is 10.2. The third-order valence-corrected chi connectivity index (χ3v) is 4.03. The number of thiophene rings is 1. The molecule has 1 amide bonds. The van der Waals surface area contributed by atoms with Gasteiger partial charge in [0.1, 0.15) is 0 Å². The summed E-state index contributed by atoms with van der Waals surface area (Å²) in [5.74, 6) is -1.23. The predicted octanol–water partition coefficient (Wildman–Crippen LogP) is 3.11. The molecule has 0 bridgehead atoms. The van der Waals surface area contributed by atoms with E-state index in [2.05, 4.69) is 10.3 Å². The SMILES string of the molecule is Cc1cnccc1NC(=O)c1cc(C)c(/C=C/C(=O)O)s1. The third kappa shape index (κ3) is 3.76. The topological polar surface area (TPSA) is 79.3 Å². The highest BCUT2D eigenvalue weighted by Crippen LogP contribution is 2.24. The molecule has 21 heavy (non-hydrogen) atoms. The van der Waals surface area contributed by atoms with Gasteiger partial charge >= 0.3 is 5.97 Å². The molecule has 0 unspecified atom stereocenters. The number of rotatable bonds is 4. The van der Waals surface area contributed by atoms with Crippen LogP contribution in [-0.2, 0) is 4.79 Å². The van der Waals surface area contributed by atoms with Crippen molar-refractivity contribution in [3.05, 3.63) is 51.5 Å². The first-order valence-electron chi connectivity index (χ1n) is 6.21. The normalized spacial score (nSPS) is 10.8. The molecule has 2 heterocycles. The van der Waals surface area contributed by atoms with Crippen LogP contribution < -0.4 is 5.32 Å². The maximum Gasteiger partial charge on any atom is 0.328 e. The molecule has 0 radical (unpaired) electrons. The van der Waals surface area contributed by atoms with Gasteiger partial charge in [-0.1, -0.05) is 0 Å². The van der Waals surface area contributed by atoms with Crippen LogP contribution in [0.15, 0.2) is 30.6 Å². The first-order valence-corrected chi connectivity index (χ1v) is 7.02. The van der Waals surface area contributed by atoms with Crippen molar-refractivity contribution in [3.63, 3.8) is 0 Å². The van der Waals surface area contributed by atoms with E-state index in [0.29, 0.717) is 10.6 Å². The summed E-state index contributed by atoms with van der Waals surface area (Å²) >= 11 is 1.26. The molecule has 0 fully saturated rings. The highest BCUT2D eigenvalue weighted by Gasteiger charge is 2.12. The van der Waals surface area contributed by atoms with Gasteiger partial charge in [0.15, 0.2) is 0 Å². The Kier molecular flexibility index (Phi) is 4.49. The molecule has 0 aromatic carbocycles. The number of hydrogen-bond acceptors (Lipinski definition) is 4. The molecule has 0 atom stereocenters. The van der Waals surface area contributed by atoms with E-state index in [1.54, 1.807) is 24.5 Å². The highest BCUT2D eigenvalue weighted by molar-refractivity contribution is 7.15. The number of carbonyl (C=O) groups is 2. The van der Waals surface area contributed by atoms with Gasteiger partial charge in [-0.3, -0.25) is 9.78 Å². The second-order valence-corrected chi connectivity index (χ2v) is 5.56. The standard InChI is InChI=1S/C15H14N2O3S/c1-9-7-13(21-12(9)3-4-14(18)19)15(20)17-11-5-6-16-8-10(11)2/h3-8H,1-2H3,(H,18,19)(H,16,17,20)/b4-3+. The quantitative estimate of drug-likeness (QED) is 0.850.